The maximum atomic E-state index is 13.0. The lowest BCUT2D eigenvalue weighted by Crippen LogP contribution is -2.45. The average Bonchev–Trinajstić information content (AvgIpc) is 3.04. The van der Waals surface area contributed by atoms with Crippen molar-refractivity contribution >= 4 is 11.6 Å². The highest BCUT2D eigenvalue weighted by atomic mass is 16.3. The van der Waals surface area contributed by atoms with Crippen LogP contribution in [0.2, 0.25) is 0 Å². The Morgan fingerprint density at radius 3 is 2.48 bits per heavy atom. The molecule has 2 aliphatic heterocycles. The van der Waals surface area contributed by atoms with Gasteiger partial charge in [0.2, 0.25) is 5.91 Å². The van der Waals surface area contributed by atoms with Gasteiger partial charge in [-0.15, -0.1) is 0 Å². The highest BCUT2D eigenvalue weighted by molar-refractivity contribution is 5.97. The van der Waals surface area contributed by atoms with Crippen molar-refractivity contribution in [3.63, 3.8) is 0 Å². The van der Waals surface area contributed by atoms with Crippen LogP contribution in [0.5, 0.6) is 0 Å². The number of para-hydroxylation sites is 1. The fraction of sp³-hybridized carbons (Fsp3) is 0.435. The molecule has 0 spiro atoms. The van der Waals surface area contributed by atoms with E-state index < -0.39 is 6.10 Å². The summed E-state index contributed by atoms with van der Waals surface area (Å²) in [5, 5.41) is 10.6. The van der Waals surface area contributed by atoms with Crippen molar-refractivity contribution < 1.29 is 9.90 Å². The monoisotopic (exact) mass is 364 g/mol. The Morgan fingerprint density at radius 2 is 1.74 bits per heavy atom. The quantitative estimate of drug-likeness (QED) is 0.904. The van der Waals surface area contributed by atoms with Crippen LogP contribution in [0, 0.1) is 5.92 Å². The van der Waals surface area contributed by atoms with E-state index in [1.165, 1.54) is 5.56 Å². The van der Waals surface area contributed by atoms with Crippen molar-refractivity contribution in [2.75, 3.05) is 24.5 Å². The molecule has 1 fully saturated rings. The zero-order valence-corrected chi connectivity index (χ0v) is 15.9. The summed E-state index contributed by atoms with van der Waals surface area (Å²) in [6, 6.07) is 18.4. The molecular weight excluding hydrogens is 336 g/mol. The van der Waals surface area contributed by atoms with Gasteiger partial charge in [-0.1, -0.05) is 48.5 Å². The molecule has 27 heavy (non-hydrogen) atoms. The van der Waals surface area contributed by atoms with E-state index >= 15 is 0 Å². The van der Waals surface area contributed by atoms with Gasteiger partial charge in [0.25, 0.3) is 0 Å². The first kappa shape index (κ1) is 18.2. The second kappa shape index (κ2) is 7.83. The zero-order valence-electron chi connectivity index (χ0n) is 15.9. The number of aliphatic hydroxyl groups is 1. The minimum atomic E-state index is -0.408. The molecule has 1 saturated heterocycles. The molecule has 0 radical (unpaired) electrons. The van der Waals surface area contributed by atoms with Gasteiger partial charge in [0.1, 0.15) is 0 Å². The van der Waals surface area contributed by atoms with Crippen LogP contribution >= 0.6 is 0 Å². The number of hydrogen-bond donors (Lipinski definition) is 1. The van der Waals surface area contributed by atoms with Crippen LogP contribution in [-0.2, 0) is 11.2 Å². The van der Waals surface area contributed by atoms with Gasteiger partial charge in [0, 0.05) is 11.7 Å². The van der Waals surface area contributed by atoms with E-state index in [0.29, 0.717) is 6.54 Å². The van der Waals surface area contributed by atoms with E-state index in [0.717, 1.165) is 43.6 Å². The van der Waals surface area contributed by atoms with Gasteiger partial charge in [0.15, 0.2) is 0 Å². The molecule has 4 nitrogen and oxygen atoms in total. The van der Waals surface area contributed by atoms with Crippen molar-refractivity contribution in [2.24, 2.45) is 5.92 Å². The number of aliphatic hydroxyl groups excluding tert-OH is 1. The summed E-state index contributed by atoms with van der Waals surface area (Å²) in [6.45, 7) is 4.32. The van der Waals surface area contributed by atoms with Crippen molar-refractivity contribution in [3.05, 3.63) is 65.7 Å². The minimum absolute atomic E-state index is 0.189. The van der Waals surface area contributed by atoms with Crippen molar-refractivity contribution in [1.29, 1.82) is 0 Å². The second-order valence-corrected chi connectivity index (χ2v) is 7.91. The molecule has 2 aliphatic rings. The molecule has 2 unspecified atom stereocenters. The molecule has 142 valence electrons. The van der Waals surface area contributed by atoms with Crippen LogP contribution in [0.25, 0.3) is 0 Å². The zero-order chi connectivity index (χ0) is 18.8. The van der Waals surface area contributed by atoms with E-state index in [4.69, 9.17) is 0 Å². The first-order valence-corrected chi connectivity index (χ1v) is 9.99. The molecular formula is C23H28N2O2. The largest absolute Gasteiger partial charge is 0.388 e. The van der Waals surface area contributed by atoms with Crippen molar-refractivity contribution in [1.82, 2.24) is 4.90 Å². The number of carbonyl (C=O) groups is 1. The summed E-state index contributed by atoms with van der Waals surface area (Å²) < 4.78 is 0. The molecule has 4 rings (SSSR count). The third-order valence-electron chi connectivity index (χ3n) is 6.05. The topological polar surface area (TPSA) is 43.8 Å². The van der Waals surface area contributed by atoms with Gasteiger partial charge in [-0.25, -0.2) is 0 Å². The van der Waals surface area contributed by atoms with Gasteiger partial charge in [-0.2, -0.15) is 0 Å². The standard InChI is InChI=1S/C23H28N2O2/c1-17-15-20-9-5-6-10-21(20)25(17)22(26)16-24-13-11-19(12-14-24)23(27)18-7-3-2-4-8-18/h2-10,17,19,23,27H,11-16H2,1H3. The fourth-order valence-electron chi connectivity index (χ4n) is 4.56. The number of piperidine rings is 1. The minimum Gasteiger partial charge on any atom is -0.388 e. The summed E-state index contributed by atoms with van der Waals surface area (Å²) in [5.41, 5.74) is 3.34. The van der Waals surface area contributed by atoms with Crippen molar-refractivity contribution in [2.45, 2.75) is 38.3 Å². The number of likely N-dealkylation sites (tertiary alicyclic amines) is 1. The number of benzene rings is 2. The van der Waals surface area contributed by atoms with Crippen LogP contribution in [-0.4, -0.2) is 41.6 Å². The summed E-state index contributed by atoms with van der Waals surface area (Å²) >= 11 is 0. The molecule has 0 aromatic heterocycles. The highest BCUT2D eigenvalue weighted by Gasteiger charge is 2.33. The van der Waals surface area contributed by atoms with Crippen LogP contribution < -0.4 is 4.90 Å². The summed E-state index contributed by atoms with van der Waals surface area (Å²) in [6.07, 6.45) is 2.38. The highest BCUT2D eigenvalue weighted by Crippen LogP contribution is 2.33. The van der Waals surface area contributed by atoms with Crippen LogP contribution in [0.4, 0.5) is 5.69 Å². The fourth-order valence-corrected chi connectivity index (χ4v) is 4.56. The molecule has 2 aromatic carbocycles. The Morgan fingerprint density at radius 1 is 1.07 bits per heavy atom. The summed E-state index contributed by atoms with van der Waals surface area (Å²) in [4.78, 5) is 17.2. The molecule has 2 heterocycles. The van der Waals surface area contributed by atoms with Crippen LogP contribution in [0.3, 0.4) is 0 Å². The van der Waals surface area contributed by atoms with Gasteiger partial charge in [0.05, 0.1) is 12.6 Å². The maximum absolute atomic E-state index is 13.0. The number of hydrogen-bond acceptors (Lipinski definition) is 3. The maximum Gasteiger partial charge on any atom is 0.241 e. The average molecular weight is 364 g/mol. The number of amides is 1. The predicted molar refractivity (Wildman–Crippen MR) is 108 cm³/mol. The van der Waals surface area contributed by atoms with E-state index in [1.54, 1.807) is 0 Å². The SMILES string of the molecule is CC1Cc2ccccc2N1C(=O)CN1CCC(C(O)c2ccccc2)CC1. The molecule has 4 heteroatoms. The lowest BCUT2D eigenvalue weighted by molar-refractivity contribution is -0.120. The molecule has 0 aliphatic carbocycles. The molecule has 2 aromatic rings. The first-order valence-electron chi connectivity index (χ1n) is 9.99. The summed E-state index contributed by atoms with van der Waals surface area (Å²) in [5.74, 6) is 0.458. The smallest absolute Gasteiger partial charge is 0.241 e. The molecule has 0 saturated carbocycles. The second-order valence-electron chi connectivity index (χ2n) is 7.91. The number of fused-ring (bicyclic) bond motifs is 1. The Bertz CT molecular complexity index is 784. The molecule has 0 bridgehead atoms. The summed E-state index contributed by atoms with van der Waals surface area (Å²) in [7, 11) is 0. The number of nitrogens with zero attached hydrogens (tertiary/aromatic N) is 2. The number of rotatable bonds is 4. The first-order chi connectivity index (χ1) is 13.1. The van der Waals surface area contributed by atoms with Gasteiger partial charge in [-0.05, 0) is 62.4 Å². The molecule has 2 atom stereocenters. The van der Waals surface area contributed by atoms with E-state index in [-0.39, 0.29) is 17.9 Å². The lowest BCUT2D eigenvalue weighted by atomic mass is 9.87. The Kier molecular flexibility index (Phi) is 5.28. The normalized spacial score (nSPS) is 21.9. The van der Waals surface area contributed by atoms with E-state index in [9.17, 15) is 9.90 Å². The van der Waals surface area contributed by atoms with E-state index in [2.05, 4.69) is 24.0 Å². The lowest BCUT2D eigenvalue weighted by Gasteiger charge is -2.35. The molecule has 1 N–H and O–H groups in total. The number of carbonyl (C=O) groups excluding carboxylic acids is 1. The molecule has 1 amide bonds. The Hall–Kier alpha value is -2.17. The van der Waals surface area contributed by atoms with Crippen LogP contribution in [0.1, 0.15) is 37.0 Å². The third-order valence-corrected chi connectivity index (χ3v) is 6.05. The Balaban J connectivity index is 1.34. The third kappa shape index (κ3) is 3.78. The predicted octanol–water partition coefficient (Wildman–Crippen LogP) is 3.41. The van der Waals surface area contributed by atoms with Crippen LogP contribution in [0.15, 0.2) is 54.6 Å². The Labute approximate surface area is 161 Å². The number of anilines is 1. The van der Waals surface area contributed by atoms with Gasteiger partial charge >= 0.3 is 0 Å². The van der Waals surface area contributed by atoms with Gasteiger partial charge < -0.3 is 10.0 Å². The van der Waals surface area contributed by atoms with Crippen molar-refractivity contribution in [3.8, 4) is 0 Å². The van der Waals surface area contributed by atoms with E-state index in [1.807, 2.05) is 47.4 Å². The van der Waals surface area contributed by atoms with Gasteiger partial charge in [-0.3, -0.25) is 9.69 Å².